The van der Waals surface area contributed by atoms with Crippen LogP contribution in [0.2, 0.25) is 0 Å². The summed E-state index contributed by atoms with van der Waals surface area (Å²) in [5.41, 5.74) is 4.38. The summed E-state index contributed by atoms with van der Waals surface area (Å²) in [4.78, 5) is 20.1. The molecule has 4 aromatic rings. The molecular weight excluding hydrogens is 464 g/mol. The minimum Gasteiger partial charge on any atom is -0.495 e. The third-order valence-electron chi connectivity index (χ3n) is 7.35. The van der Waals surface area contributed by atoms with Gasteiger partial charge in [-0.3, -0.25) is 4.79 Å². The second-order valence-corrected chi connectivity index (χ2v) is 10.8. The number of ether oxygens (including phenoxy) is 1. The van der Waals surface area contributed by atoms with Crippen molar-refractivity contribution in [2.75, 3.05) is 18.6 Å². The number of carbonyl (C=O) groups is 1. The van der Waals surface area contributed by atoms with Crippen molar-refractivity contribution in [1.82, 2.24) is 24.5 Å². The molecule has 0 bridgehead atoms. The number of rotatable bonds is 5. The van der Waals surface area contributed by atoms with Crippen LogP contribution in [-0.4, -0.2) is 44.1 Å². The van der Waals surface area contributed by atoms with Crippen molar-refractivity contribution >= 4 is 11.6 Å². The first-order valence-electron chi connectivity index (χ1n) is 12.7. The lowest BCUT2D eigenvalue weighted by atomic mass is 9.76. The van der Waals surface area contributed by atoms with E-state index in [1.165, 1.54) is 0 Å². The second kappa shape index (κ2) is 9.84. The van der Waals surface area contributed by atoms with Crippen molar-refractivity contribution in [2.45, 2.75) is 46.6 Å². The quantitative estimate of drug-likeness (QED) is 0.364. The smallest absolute Gasteiger partial charge is 0.251 e. The molecule has 2 aromatic carbocycles. The second-order valence-electron chi connectivity index (χ2n) is 10.8. The van der Waals surface area contributed by atoms with Gasteiger partial charge in [0.2, 0.25) is 0 Å². The van der Waals surface area contributed by atoms with Crippen molar-refractivity contribution in [2.24, 2.45) is 11.3 Å². The van der Waals surface area contributed by atoms with Gasteiger partial charge >= 0.3 is 0 Å². The first-order chi connectivity index (χ1) is 17.7. The van der Waals surface area contributed by atoms with Crippen molar-refractivity contribution < 1.29 is 9.53 Å². The van der Waals surface area contributed by atoms with Gasteiger partial charge < -0.3 is 14.2 Å². The van der Waals surface area contributed by atoms with Gasteiger partial charge in [-0.15, -0.1) is 5.10 Å². The molecule has 1 saturated heterocycles. The van der Waals surface area contributed by atoms with Crippen molar-refractivity contribution in [1.29, 1.82) is 0 Å². The van der Waals surface area contributed by atoms with Gasteiger partial charge in [-0.1, -0.05) is 50.3 Å². The molecule has 0 aliphatic carbocycles. The van der Waals surface area contributed by atoms with Gasteiger partial charge in [0.1, 0.15) is 17.5 Å². The maximum Gasteiger partial charge on any atom is 0.251 e. The maximum atomic E-state index is 13.9. The largest absolute Gasteiger partial charge is 0.495 e. The third kappa shape index (κ3) is 5.01. The zero-order chi connectivity index (χ0) is 26.2. The fraction of sp³-hybridized carbons (Fsp3) is 0.379. The van der Waals surface area contributed by atoms with Gasteiger partial charge in [0.25, 0.3) is 5.91 Å². The Morgan fingerprint density at radius 2 is 1.84 bits per heavy atom. The molecule has 0 radical (unpaired) electrons. The lowest BCUT2D eigenvalue weighted by Gasteiger charge is -2.30. The third-order valence-corrected chi connectivity index (χ3v) is 7.35. The molecule has 1 amide bonds. The number of anilines is 1. The van der Waals surface area contributed by atoms with Gasteiger partial charge in [-0.05, 0) is 55.4 Å². The van der Waals surface area contributed by atoms with Crippen LogP contribution >= 0.6 is 0 Å². The Kier molecular flexibility index (Phi) is 6.58. The molecule has 5 rings (SSSR count). The molecular formula is C29H34N6O2. The molecule has 0 saturated carbocycles. The molecule has 1 fully saturated rings. The Balaban J connectivity index is 1.48. The minimum atomic E-state index is -0.428. The molecule has 2 atom stereocenters. The van der Waals surface area contributed by atoms with E-state index >= 15 is 0 Å². The van der Waals surface area contributed by atoms with Crippen LogP contribution < -0.4 is 9.64 Å². The highest BCUT2D eigenvalue weighted by Crippen LogP contribution is 2.39. The van der Waals surface area contributed by atoms with Crippen LogP contribution in [-0.2, 0) is 4.79 Å². The normalized spacial score (nSPS) is 18.6. The van der Waals surface area contributed by atoms with Crippen LogP contribution in [0.25, 0.3) is 16.9 Å². The zero-order valence-corrected chi connectivity index (χ0v) is 22.1. The molecule has 8 nitrogen and oxygen atoms in total. The number of aromatic nitrogens is 5. The predicted molar refractivity (Wildman–Crippen MR) is 144 cm³/mol. The van der Waals surface area contributed by atoms with E-state index in [-0.39, 0.29) is 11.3 Å². The van der Waals surface area contributed by atoms with E-state index in [4.69, 9.17) is 4.74 Å². The molecule has 3 heterocycles. The number of aryl methyl sites for hydroxylation is 1. The highest BCUT2D eigenvalue weighted by Gasteiger charge is 2.38. The summed E-state index contributed by atoms with van der Waals surface area (Å²) in [5.74, 6) is 1.12. The Labute approximate surface area is 217 Å². The summed E-state index contributed by atoms with van der Waals surface area (Å²) in [7, 11) is 1.65. The Hall–Kier alpha value is -3.94. The van der Waals surface area contributed by atoms with Gasteiger partial charge in [0.15, 0.2) is 0 Å². The molecule has 1 aliphatic heterocycles. The number of benzene rings is 2. The van der Waals surface area contributed by atoms with E-state index < -0.39 is 6.04 Å². The first-order valence-corrected chi connectivity index (χ1v) is 12.7. The van der Waals surface area contributed by atoms with Gasteiger partial charge in [-0.2, -0.15) is 0 Å². The van der Waals surface area contributed by atoms with E-state index in [0.717, 1.165) is 35.5 Å². The average Bonchev–Trinajstić information content (AvgIpc) is 3.51. The standard InChI is InChI=1S/C29H34N6O2/c1-20-17-33(19-30-20)25-12-11-21(15-27(25)37-5)24-18-35(32-31-24)26-16-22(29(2,3)4)13-14-34(28(26)36)23-9-7-6-8-10-23/h6-12,15,17-19,22,26H,13-14,16H2,1-5H3. The summed E-state index contributed by atoms with van der Waals surface area (Å²) in [6, 6.07) is 15.4. The van der Waals surface area contributed by atoms with Crippen molar-refractivity contribution in [3.63, 3.8) is 0 Å². The van der Waals surface area contributed by atoms with Crippen LogP contribution in [0.15, 0.2) is 67.3 Å². The fourth-order valence-electron chi connectivity index (χ4n) is 5.10. The highest BCUT2D eigenvalue weighted by atomic mass is 16.5. The number of nitrogens with zero attached hydrogens (tertiary/aromatic N) is 6. The molecule has 2 unspecified atom stereocenters. The summed E-state index contributed by atoms with van der Waals surface area (Å²) in [5, 5.41) is 8.92. The molecule has 2 aromatic heterocycles. The Morgan fingerprint density at radius 1 is 1.05 bits per heavy atom. The van der Waals surface area contributed by atoms with E-state index in [1.807, 2.05) is 77.3 Å². The van der Waals surface area contributed by atoms with E-state index in [1.54, 1.807) is 18.1 Å². The fourth-order valence-corrected chi connectivity index (χ4v) is 5.10. The van der Waals surface area contributed by atoms with Crippen molar-refractivity contribution in [3.8, 4) is 22.7 Å². The van der Waals surface area contributed by atoms with Crippen LogP contribution in [0.3, 0.4) is 0 Å². The van der Waals surface area contributed by atoms with Gasteiger partial charge in [-0.25, -0.2) is 9.67 Å². The van der Waals surface area contributed by atoms with Crippen LogP contribution in [0.5, 0.6) is 5.75 Å². The Morgan fingerprint density at radius 3 is 2.51 bits per heavy atom. The molecule has 37 heavy (non-hydrogen) atoms. The topological polar surface area (TPSA) is 78.1 Å². The predicted octanol–water partition coefficient (Wildman–Crippen LogP) is 5.48. The zero-order valence-electron chi connectivity index (χ0n) is 22.1. The number of amides is 1. The number of para-hydroxylation sites is 1. The van der Waals surface area contributed by atoms with Gasteiger partial charge in [0.05, 0.1) is 31.0 Å². The SMILES string of the molecule is COc1cc(-c2cn(C3CC(C(C)(C)C)CCN(c4ccccc4)C3=O)nn2)ccc1-n1cnc(C)c1. The monoisotopic (exact) mass is 498 g/mol. The minimum absolute atomic E-state index is 0.0535. The van der Waals surface area contributed by atoms with Crippen LogP contribution in [0.4, 0.5) is 5.69 Å². The number of carbonyl (C=O) groups excluding carboxylic acids is 1. The lowest BCUT2D eigenvalue weighted by molar-refractivity contribution is -0.122. The van der Waals surface area contributed by atoms with Crippen LogP contribution in [0, 0.1) is 18.3 Å². The van der Waals surface area contributed by atoms with E-state index in [0.29, 0.717) is 23.9 Å². The highest BCUT2D eigenvalue weighted by molar-refractivity contribution is 5.96. The summed E-state index contributed by atoms with van der Waals surface area (Å²) < 4.78 is 9.36. The first kappa shape index (κ1) is 24.7. The number of imidazole rings is 1. The number of hydrogen-bond donors (Lipinski definition) is 0. The summed E-state index contributed by atoms with van der Waals surface area (Å²) in [6.07, 6.45) is 7.26. The summed E-state index contributed by atoms with van der Waals surface area (Å²) >= 11 is 0. The number of hydrogen-bond acceptors (Lipinski definition) is 5. The number of methoxy groups -OCH3 is 1. The molecule has 0 N–H and O–H groups in total. The lowest BCUT2D eigenvalue weighted by Crippen LogP contribution is -2.36. The summed E-state index contributed by atoms with van der Waals surface area (Å²) in [6.45, 7) is 9.39. The Bertz CT molecular complexity index is 1380. The molecule has 192 valence electrons. The van der Waals surface area contributed by atoms with Gasteiger partial charge in [0, 0.05) is 24.0 Å². The average molecular weight is 499 g/mol. The molecule has 1 aliphatic rings. The molecule has 8 heteroatoms. The van der Waals surface area contributed by atoms with Crippen LogP contribution in [0.1, 0.15) is 45.3 Å². The van der Waals surface area contributed by atoms with Crippen molar-refractivity contribution in [3.05, 3.63) is 72.9 Å². The van der Waals surface area contributed by atoms with E-state index in [2.05, 4.69) is 36.1 Å². The molecule has 0 spiro atoms. The van der Waals surface area contributed by atoms with E-state index in [9.17, 15) is 4.79 Å². The maximum absolute atomic E-state index is 13.9.